The Morgan fingerprint density at radius 3 is 1.80 bits per heavy atom. The Morgan fingerprint density at radius 2 is 1.36 bits per heavy atom. The fraction of sp³-hybridized carbons (Fsp3) is 0.909. The van der Waals surface area contributed by atoms with Crippen molar-refractivity contribution in [3.63, 3.8) is 0 Å². The highest BCUT2D eigenvalue weighted by atomic mass is 16.5. The van der Waals surface area contributed by atoms with Gasteiger partial charge in [0.2, 0.25) is 0 Å². The van der Waals surface area contributed by atoms with Gasteiger partial charge in [-0.3, -0.25) is 9.69 Å². The smallest absolute Gasteiger partial charge is 0.306 e. The van der Waals surface area contributed by atoms with Crippen LogP contribution in [0.5, 0.6) is 0 Å². The molecule has 0 N–H and O–H groups in total. The van der Waals surface area contributed by atoms with Crippen LogP contribution in [-0.2, 0) is 9.53 Å². The zero-order chi connectivity index (χ0) is 18.2. The molecule has 0 aromatic carbocycles. The summed E-state index contributed by atoms with van der Waals surface area (Å²) in [5.41, 5.74) is 0. The van der Waals surface area contributed by atoms with Crippen LogP contribution in [0, 0.1) is 6.54 Å². The van der Waals surface area contributed by atoms with E-state index in [0.29, 0.717) is 6.42 Å². The molecule has 1 saturated heterocycles. The molecule has 1 heterocycles. The second-order valence-corrected chi connectivity index (χ2v) is 7.82. The Balaban J connectivity index is 1.75. The maximum Gasteiger partial charge on any atom is 0.306 e. The van der Waals surface area contributed by atoms with E-state index in [1.165, 1.54) is 83.5 Å². The summed E-state index contributed by atoms with van der Waals surface area (Å²) in [5, 5.41) is 0. The molecule has 0 aromatic heterocycles. The third kappa shape index (κ3) is 13.3. The number of unbranched alkanes of at least 4 members (excludes halogenated alkanes) is 13. The molecule has 1 rings (SSSR count). The molecule has 1 radical (unpaired) electrons. The molecule has 0 spiro atoms. The third-order valence-electron chi connectivity index (χ3n) is 5.20. The van der Waals surface area contributed by atoms with Crippen LogP contribution in [0.4, 0.5) is 0 Å². The Hall–Kier alpha value is -0.570. The topological polar surface area (TPSA) is 29.5 Å². The summed E-state index contributed by atoms with van der Waals surface area (Å²) in [6.45, 7) is 5.23. The van der Waals surface area contributed by atoms with Crippen LogP contribution in [0.3, 0.4) is 0 Å². The van der Waals surface area contributed by atoms with Crippen LogP contribution < -0.4 is 0 Å². The number of carbonyl (C=O) groups excluding carboxylic acids is 1. The van der Waals surface area contributed by atoms with Crippen molar-refractivity contribution >= 4 is 5.97 Å². The SMILES string of the molecule is CCCCCCCCCCCCCCCCC(=O)OC1C[CH]N(C)C1. The monoisotopic (exact) mass is 352 g/mol. The van der Waals surface area contributed by atoms with Gasteiger partial charge < -0.3 is 4.74 Å². The van der Waals surface area contributed by atoms with Gasteiger partial charge in [-0.15, -0.1) is 0 Å². The lowest BCUT2D eigenvalue weighted by molar-refractivity contribution is -0.148. The highest BCUT2D eigenvalue weighted by Gasteiger charge is 2.22. The molecular weight excluding hydrogens is 310 g/mol. The van der Waals surface area contributed by atoms with Gasteiger partial charge in [-0.25, -0.2) is 0 Å². The fourth-order valence-corrected chi connectivity index (χ4v) is 3.56. The number of hydrogen-bond donors (Lipinski definition) is 0. The first-order valence-corrected chi connectivity index (χ1v) is 11.0. The largest absolute Gasteiger partial charge is 0.461 e. The number of nitrogens with zero attached hydrogens (tertiary/aromatic N) is 1. The van der Waals surface area contributed by atoms with E-state index >= 15 is 0 Å². The molecule has 1 fully saturated rings. The highest BCUT2D eigenvalue weighted by molar-refractivity contribution is 5.69. The minimum atomic E-state index is -0.00682. The number of rotatable bonds is 16. The summed E-state index contributed by atoms with van der Waals surface area (Å²) in [6.07, 6.45) is 20.4. The summed E-state index contributed by atoms with van der Waals surface area (Å²) in [6, 6.07) is 0. The molecule has 0 aromatic rings. The minimum Gasteiger partial charge on any atom is -0.461 e. The van der Waals surface area contributed by atoms with E-state index in [1.807, 2.05) is 7.05 Å². The number of likely N-dealkylation sites (N-methyl/N-ethyl adjacent to an activating group) is 1. The van der Waals surface area contributed by atoms with Gasteiger partial charge in [-0.2, -0.15) is 0 Å². The van der Waals surface area contributed by atoms with Crippen LogP contribution in [0.2, 0.25) is 0 Å². The van der Waals surface area contributed by atoms with E-state index in [1.54, 1.807) is 0 Å². The van der Waals surface area contributed by atoms with Gasteiger partial charge in [0.1, 0.15) is 6.10 Å². The molecule has 0 amide bonds. The van der Waals surface area contributed by atoms with E-state index < -0.39 is 0 Å². The first-order chi connectivity index (χ1) is 12.2. The molecule has 0 bridgehead atoms. The molecule has 0 aliphatic carbocycles. The normalized spacial score (nSPS) is 17.9. The van der Waals surface area contributed by atoms with Gasteiger partial charge in [0.25, 0.3) is 0 Å². The Bertz CT molecular complexity index is 319. The lowest BCUT2D eigenvalue weighted by atomic mass is 10.0. The molecule has 1 atom stereocenters. The number of ether oxygens (including phenoxy) is 1. The van der Waals surface area contributed by atoms with Crippen LogP contribution in [0.25, 0.3) is 0 Å². The average molecular weight is 353 g/mol. The summed E-state index contributed by atoms with van der Waals surface area (Å²) in [5.74, 6) is -0.00682. The average Bonchev–Trinajstić information content (AvgIpc) is 3.00. The van der Waals surface area contributed by atoms with Gasteiger partial charge in [-0.1, -0.05) is 90.4 Å². The van der Waals surface area contributed by atoms with E-state index in [2.05, 4.69) is 18.4 Å². The van der Waals surface area contributed by atoms with Crippen LogP contribution >= 0.6 is 0 Å². The second-order valence-electron chi connectivity index (χ2n) is 7.82. The van der Waals surface area contributed by atoms with Crippen molar-refractivity contribution in [3.05, 3.63) is 6.54 Å². The number of likely N-dealkylation sites (tertiary alicyclic amines) is 1. The van der Waals surface area contributed by atoms with Gasteiger partial charge in [-0.05, 0) is 13.5 Å². The van der Waals surface area contributed by atoms with Gasteiger partial charge in [0, 0.05) is 25.9 Å². The summed E-state index contributed by atoms with van der Waals surface area (Å²) in [4.78, 5) is 13.9. The van der Waals surface area contributed by atoms with Crippen molar-refractivity contribution in [2.45, 2.75) is 116 Å². The van der Waals surface area contributed by atoms with E-state index in [4.69, 9.17) is 4.74 Å². The zero-order valence-electron chi connectivity index (χ0n) is 16.9. The van der Waals surface area contributed by atoms with Gasteiger partial charge >= 0.3 is 5.97 Å². The molecule has 1 unspecified atom stereocenters. The van der Waals surface area contributed by atoms with Gasteiger partial charge in [0.15, 0.2) is 0 Å². The Morgan fingerprint density at radius 1 is 0.880 bits per heavy atom. The second kappa shape index (κ2) is 15.7. The van der Waals surface area contributed by atoms with E-state index in [0.717, 1.165) is 19.4 Å². The molecule has 147 valence electrons. The van der Waals surface area contributed by atoms with Crippen molar-refractivity contribution in [2.75, 3.05) is 13.6 Å². The van der Waals surface area contributed by atoms with Crippen molar-refractivity contribution < 1.29 is 9.53 Å². The van der Waals surface area contributed by atoms with E-state index in [-0.39, 0.29) is 12.1 Å². The maximum absolute atomic E-state index is 11.8. The first kappa shape index (κ1) is 22.5. The molecule has 3 nitrogen and oxygen atoms in total. The molecule has 1 aliphatic heterocycles. The number of esters is 1. The Labute approximate surface area is 156 Å². The third-order valence-corrected chi connectivity index (χ3v) is 5.20. The van der Waals surface area contributed by atoms with E-state index in [9.17, 15) is 4.79 Å². The zero-order valence-corrected chi connectivity index (χ0v) is 16.9. The summed E-state index contributed by atoms with van der Waals surface area (Å²) in [7, 11) is 2.03. The fourth-order valence-electron chi connectivity index (χ4n) is 3.56. The number of carbonyl (C=O) groups is 1. The van der Waals surface area contributed by atoms with Crippen LogP contribution in [0.15, 0.2) is 0 Å². The van der Waals surface area contributed by atoms with Crippen molar-refractivity contribution in [2.24, 2.45) is 0 Å². The maximum atomic E-state index is 11.8. The molecule has 3 heteroatoms. The van der Waals surface area contributed by atoms with Crippen LogP contribution in [0.1, 0.15) is 110 Å². The predicted molar refractivity (Wildman–Crippen MR) is 106 cm³/mol. The molecule has 25 heavy (non-hydrogen) atoms. The number of hydrogen-bond acceptors (Lipinski definition) is 3. The van der Waals surface area contributed by atoms with Gasteiger partial charge in [0.05, 0.1) is 0 Å². The standard InChI is InChI=1S/C22H42NO2/c1-3-4-5-6-7-8-9-10-11-12-13-14-15-16-17-22(24)25-21-18-19-23(2)20-21/h19,21H,3-18,20H2,1-2H3. The lowest BCUT2D eigenvalue weighted by Gasteiger charge is -2.12. The van der Waals surface area contributed by atoms with Crippen LogP contribution in [-0.4, -0.2) is 30.6 Å². The van der Waals surface area contributed by atoms with Crippen molar-refractivity contribution in [1.29, 1.82) is 0 Å². The molecular formula is C22H42NO2. The summed E-state index contributed by atoms with van der Waals surface area (Å²) >= 11 is 0. The molecule has 1 aliphatic rings. The lowest BCUT2D eigenvalue weighted by Crippen LogP contribution is -2.21. The minimum absolute atomic E-state index is 0.00682. The van der Waals surface area contributed by atoms with Crippen molar-refractivity contribution in [1.82, 2.24) is 4.90 Å². The first-order valence-electron chi connectivity index (χ1n) is 11.0. The molecule has 0 saturated carbocycles. The Kier molecular flexibility index (Phi) is 14.1. The highest BCUT2D eigenvalue weighted by Crippen LogP contribution is 2.16. The van der Waals surface area contributed by atoms with Crippen molar-refractivity contribution in [3.8, 4) is 0 Å². The predicted octanol–water partition coefficient (Wildman–Crippen LogP) is 6.27. The quantitative estimate of drug-likeness (QED) is 0.242. The summed E-state index contributed by atoms with van der Waals surface area (Å²) < 4.78 is 5.48.